The van der Waals surface area contributed by atoms with E-state index >= 15 is 0 Å². The van der Waals surface area contributed by atoms with Gasteiger partial charge in [0, 0.05) is 5.69 Å². The maximum Gasteiger partial charge on any atom is 0.230 e. The van der Waals surface area contributed by atoms with Gasteiger partial charge in [0.2, 0.25) is 5.88 Å². The molecule has 0 spiro atoms. The number of nitrogens with two attached hydrogens (primary N) is 1. The first-order chi connectivity index (χ1) is 8.97. The molecule has 0 aliphatic rings. The highest BCUT2D eigenvalue weighted by Gasteiger charge is 2.10. The van der Waals surface area contributed by atoms with E-state index in [1.807, 2.05) is 6.92 Å². The Bertz CT molecular complexity index is 641. The molecule has 0 aliphatic heterocycles. The van der Waals surface area contributed by atoms with Gasteiger partial charge in [-0.2, -0.15) is 0 Å². The number of nitrogen functional groups attached to an aromatic ring is 1. The first kappa shape index (κ1) is 13.0. The molecule has 0 saturated heterocycles. The van der Waals surface area contributed by atoms with Crippen LogP contribution in [-0.4, -0.2) is 10.8 Å². The topological polar surface area (TPSA) is 72.0 Å². The Hall–Kier alpha value is -2.43. The van der Waals surface area contributed by atoms with Crippen LogP contribution in [0.1, 0.15) is 16.8 Å². The van der Waals surface area contributed by atoms with Gasteiger partial charge in [-0.25, -0.2) is 9.37 Å². The van der Waals surface area contributed by atoms with Crippen molar-refractivity contribution >= 4 is 5.84 Å². The van der Waals surface area contributed by atoms with E-state index in [0.29, 0.717) is 16.9 Å². The fourth-order valence-corrected chi connectivity index (χ4v) is 1.61. The second-order valence-electron chi connectivity index (χ2n) is 4.23. The first-order valence-electron chi connectivity index (χ1n) is 5.73. The molecule has 1 heterocycles. The molecular weight excluding hydrogens is 245 g/mol. The highest BCUT2D eigenvalue weighted by Crippen LogP contribution is 2.25. The summed E-state index contributed by atoms with van der Waals surface area (Å²) in [5.74, 6) is 0.288. The number of rotatable bonds is 3. The fourth-order valence-electron chi connectivity index (χ4n) is 1.61. The summed E-state index contributed by atoms with van der Waals surface area (Å²) in [4.78, 5) is 4.20. The number of hydrogen-bond donors (Lipinski definition) is 2. The monoisotopic (exact) mass is 259 g/mol. The third-order valence-corrected chi connectivity index (χ3v) is 2.63. The molecule has 2 aromatic rings. The van der Waals surface area contributed by atoms with Crippen LogP contribution in [0.25, 0.3) is 0 Å². The average Bonchev–Trinajstić information content (AvgIpc) is 2.33. The van der Waals surface area contributed by atoms with Crippen molar-refractivity contribution in [2.45, 2.75) is 13.8 Å². The molecule has 4 nitrogen and oxygen atoms in total. The summed E-state index contributed by atoms with van der Waals surface area (Å²) in [6.45, 7) is 3.46. The number of halogens is 1. The number of nitrogens with zero attached hydrogens (tertiary/aromatic N) is 1. The summed E-state index contributed by atoms with van der Waals surface area (Å²) < 4.78 is 18.8. The number of benzene rings is 1. The summed E-state index contributed by atoms with van der Waals surface area (Å²) in [6, 6.07) is 7.84. The minimum Gasteiger partial charge on any atom is -0.438 e. The highest BCUT2D eigenvalue weighted by molar-refractivity contribution is 5.97. The summed E-state index contributed by atoms with van der Waals surface area (Å²) in [6.07, 6.45) is 0. The molecule has 3 N–H and O–H groups in total. The summed E-state index contributed by atoms with van der Waals surface area (Å²) in [5, 5.41) is 7.49. The van der Waals surface area contributed by atoms with Gasteiger partial charge in [-0.3, -0.25) is 5.41 Å². The van der Waals surface area contributed by atoms with E-state index < -0.39 is 0 Å². The Balaban J connectivity index is 2.39. The maximum atomic E-state index is 13.2. The molecule has 0 aliphatic carbocycles. The van der Waals surface area contributed by atoms with E-state index in [0.717, 1.165) is 5.69 Å². The summed E-state index contributed by atoms with van der Waals surface area (Å²) in [7, 11) is 0. The van der Waals surface area contributed by atoms with Gasteiger partial charge in [0.1, 0.15) is 17.4 Å². The standard InChI is InChI=1S/C14H14FN3O/c1-8-7-10(4-6-12(8)15)19-14-11(13(16)17)5-3-9(2)18-14/h3-7H,1-2H3,(H3,16,17). The minimum atomic E-state index is -0.295. The molecule has 0 fully saturated rings. The Morgan fingerprint density at radius 1 is 1.26 bits per heavy atom. The largest absolute Gasteiger partial charge is 0.438 e. The number of aryl methyl sites for hydroxylation is 2. The van der Waals surface area contributed by atoms with Crippen LogP contribution in [0.5, 0.6) is 11.6 Å². The average molecular weight is 259 g/mol. The number of amidine groups is 1. The van der Waals surface area contributed by atoms with Gasteiger partial charge in [0.25, 0.3) is 0 Å². The van der Waals surface area contributed by atoms with Gasteiger partial charge in [-0.1, -0.05) is 0 Å². The van der Waals surface area contributed by atoms with E-state index in [4.69, 9.17) is 15.9 Å². The highest BCUT2D eigenvalue weighted by atomic mass is 19.1. The van der Waals surface area contributed by atoms with E-state index in [-0.39, 0.29) is 17.5 Å². The zero-order chi connectivity index (χ0) is 14.0. The number of aromatic nitrogens is 1. The van der Waals surface area contributed by atoms with Gasteiger partial charge in [0.15, 0.2) is 0 Å². The Morgan fingerprint density at radius 2 is 2.00 bits per heavy atom. The van der Waals surface area contributed by atoms with Crippen LogP contribution in [0.15, 0.2) is 30.3 Å². The quantitative estimate of drug-likeness (QED) is 0.657. The van der Waals surface area contributed by atoms with E-state index in [9.17, 15) is 4.39 Å². The van der Waals surface area contributed by atoms with Crippen molar-refractivity contribution in [1.29, 1.82) is 5.41 Å². The number of pyridine rings is 1. The molecule has 5 heteroatoms. The van der Waals surface area contributed by atoms with E-state index in [1.165, 1.54) is 12.1 Å². The maximum absolute atomic E-state index is 13.2. The van der Waals surface area contributed by atoms with Crippen molar-refractivity contribution in [2.75, 3.05) is 0 Å². The van der Waals surface area contributed by atoms with Crippen molar-refractivity contribution in [3.8, 4) is 11.6 Å². The van der Waals surface area contributed by atoms with Crippen molar-refractivity contribution < 1.29 is 9.13 Å². The molecule has 19 heavy (non-hydrogen) atoms. The van der Waals surface area contributed by atoms with E-state index in [1.54, 1.807) is 25.1 Å². The van der Waals surface area contributed by atoms with Crippen LogP contribution in [0.4, 0.5) is 4.39 Å². The molecule has 2 rings (SSSR count). The van der Waals surface area contributed by atoms with Gasteiger partial charge in [-0.05, 0) is 49.7 Å². The van der Waals surface area contributed by atoms with E-state index in [2.05, 4.69) is 4.98 Å². The number of nitrogens with one attached hydrogen (secondary N) is 1. The normalized spacial score (nSPS) is 10.3. The fraction of sp³-hybridized carbons (Fsp3) is 0.143. The summed E-state index contributed by atoms with van der Waals surface area (Å²) >= 11 is 0. The zero-order valence-electron chi connectivity index (χ0n) is 10.7. The Labute approximate surface area is 110 Å². The Kier molecular flexibility index (Phi) is 3.46. The van der Waals surface area contributed by atoms with Gasteiger partial charge in [-0.15, -0.1) is 0 Å². The van der Waals surface area contributed by atoms with Gasteiger partial charge in [0.05, 0.1) is 5.56 Å². The van der Waals surface area contributed by atoms with Crippen molar-refractivity contribution in [3.05, 3.63) is 53.0 Å². The van der Waals surface area contributed by atoms with Crippen LogP contribution in [-0.2, 0) is 0 Å². The lowest BCUT2D eigenvalue weighted by molar-refractivity contribution is 0.458. The van der Waals surface area contributed by atoms with Crippen molar-refractivity contribution in [3.63, 3.8) is 0 Å². The van der Waals surface area contributed by atoms with Crippen LogP contribution < -0.4 is 10.5 Å². The molecule has 0 bridgehead atoms. The van der Waals surface area contributed by atoms with Crippen molar-refractivity contribution in [1.82, 2.24) is 4.98 Å². The first-order valence-corrected chi connectivity index (χ1v) is 5.73. The molecule has 0 unspecified atom stereocenters. The zero-order valence-corrected chi connectivity index (χ0v) is 10.7. The molecule has 0 radical (unpaired) electrons. The third-order valence-electron chi connectivity index (χ3n) is 2.63. The number of ether oxygens (including phenoxy) is 1. The van der Waals surface area contributed by atoms with Gasteiger partial charge >= 0.3 is 0 Å². The van der Waals surface area contributed by atoms with Crippen molar-refractivity contribution in [2.24, 2.45) is 5.73 Å². The van der Waals surface area contributed by atoms with Crippen LogP contribution in [0.3, 0.4) is 0 Å². The lowest BCUT2D eigenvalue weighted by atomic mass is 10.2. The predicted molar refractivity (Wildman–Crippen MR) is 71.2 cm³/mol. The lowest BCUT2D eigenvalue weighted by Crippen LogP contribution is -2.13. The molecule has 1 aromatic carbocycles. The molecule has 0 amide bonds. The molecule has 98 valence electrons. The second-order valence-corrected chi connectivity index (χ2v) is 4.23. The minimum absolute atomic E-state index is 0.124. The molecule has 0 saturated carbocycles. The lowest BCUT2D eigenvalue weighted by Gasteiger charge is -2.10. The number of hydrogen-bond acceptors (Lipinski definition) is 3. The predicted octanol–water partition coefficient (Wildman–Crippen LogP) is 2.91. The third kappa shape index (κ3) is 2.88. The smallest absolute Gasteiger partial charge is 0.230 e. The Morgan fingerprint density at radius 3 is 2.63 bits per heavy atom. The van der Waals surface area contributed by atoms with Gasteiger partial charge < -0.3 is 10.5 Å². The van der Waals surface area contributed by atoms with Crippen LogP contribution in [0.2, 0.25) is 0 Å². The van der Waals surface area contributed by atoms with Crippen LogP contribution >= 0.6 is 0 Å². The van der Waals surface area contributed by atoms with Crippen LogP contribution in [0, 0.1) is 25.1 Å². The second kappa shape index (κ2) is 5.06. The SMILES string of the molecule is Cc1ccc(C(=N)N)c(Oc2ccc(F)c(C)c2)n1. The molecular formula is C14H14FN3O. The summed E-state index contributed by atoms with van der Waals surface area (Å²) in [5.41, 5.74) is 7.12. The molecule has 1 aromatic heterocycles. The molecule has 0 atom stereocenters.